The van der Waals surface area contributed by atoms with E-state index in [2.05, 4.69) is 4.72 Å². The number of benzene rings is 3. The largest absolute Gasteiger partial charge is 0.488 e. The van der Waals surface area contributed by atoms with Crippen LogP contribution in [0.3, 0.4) is 0 Å². The van der Waals surface area contributed by atoms with Crippen LogP contribution in [0.4, 0.5) is 5.69 Å². The summed E-state index contributed by atoms with van der Waals surface area (Å²) in [6.07, 6.45) is -0.438. The molecule has 0 saturated heterocycles. The molecule has 30 heavy (non-hydrogen) atoms. The van der Waals surface area contributed by atoms with Crippen LogP contribution in [-0.4, -0.2) is 25.7 Å². The Labute approximate surface area is 178 Å². The molecule has 5 nitrogen and oxygen atoms in total. The zero-order valence-electron chi connectivity index (χ0n) is 17.1. The second kappa shape index (κ2) is 9.78. The molecule has 0 aliphatic rings. The van der Waals surface area contributed by atoms with Gasteiger partial charge in [0.05, 0.1) is 11.0 Å². The van der Waals surface area contributed by atoms with Gasteiger partial charge in [-0.3, -0.25) is 4.72 Å². The Morgan fingerprint density at radius 2 is 1.43 bits per heavy atom. The number of hydrogen-bond donors (Lipinski definition) is 2. The molecular formula is C24H27NO4S. The van der Waals surface area contributed by atoms with Crippen LogP contribution in [0, 0.1) is 0 Å². The van der Waals surface area contributed by atoms with E-state index in [1.54, 1.807) is 42.5 Å². The molecule has 0 unspecified atom stereocenters. The third-order valence-electron chi connectivity index (χ3n) is 4.99. The Hall–Kier alpha value is -2.83. The first-order chi connectivity index (χ1) is 14.3. The number of aliphatic hydroxyl groups excluding tert-OH is 1. The minimum absolute atomic E-state index is 0.0848. The van der Waals surface area contributed by atoms with Gasteiger partial charge >= 0.3 is 0 Å². The molecule has 0 aliphatic heterocycles. The van der Waals surface area contributed by atoms with E-state index in [4.69, 9.17) is 4.74 Å². The van der Waals surface area contributed by atoms with E-state index in [0.29, 0.717) is 12.1 Å². The van der Waals surface area contributed by atoms with Crippen LogP contribution in [0.2, 0.25) is 0 Å². The summed E-state index contributed by atoms with van der Waals surface area (Å²) in [6, 6.07) is 24.9. The lowest BCUT2D eigenvalue weighted by Gasteiger charge is -2.23. The summed E-state index contributed by atoms with van der Waals surface area (Å²) in [5.41, 5.74) is 1.51. The second-order valence-corrected chi connectivity index (χ2v) is 9.06. The Kier molecular flexibility index (Phi) is 7.13. The van der Waals surface area contributed by atoms with Crippen molar-refractivity contribution in [1.29, 1.82) is 0 Å². The highest BCUT2D eigenvalue weighted by Gasteiger charge is 2.20. The zero-order valence-corrected chi connectivity index (χ0v) is 17.9. The quantitative estimate of drug-likeness (QED) is 0.516. The number of aliphatic hydroxyl groups is 1. The van der Waals surface area contributed by atoms with Crippen LogP contribution in [0.1, 0.15) is 31.7 Å². The van der Waals surface area contributed by atoms with Crippen LogP contribution >= 0.6 is 0 Å². The van der Waals surface area contributed by atoms with Crippen molar-refractivity contribution >= 4 is 15.7 Å². The summed E-state index contributed by atoms with van der Waals surface area (Å²) in [7, 11) is -3.61. The minimum Gasteiger partial charge on any atom is -0.488 e. The van der Waals surface area contributed by atoms with Crippen molar-refractivity contribution in [3.8, 4) is 5.75 Å². The number of hydrogen-bond acceptors (Lipinski definition) is 4. The average molecular weight is 426 g/mol. The third-order valence-corrected chi connectivity index (χ3v) is 6.38. The van der Waals surface area contributed by atoms with Gasteiger partial charge in [-0.15, -0.1) is 0 Å². The van der Waals surface area contributed by atoms with E-state index < -0.39 is 16.1 Å². The van der Waals surface area contributed by atoms with Gasteiger partial charge in [0, 0.05) is 5.69 Å². The Morgan fingerprint density at radius 1 is 0.867 bits per heavy atom. The lowest BCUT2D eigenvalue weighted by Crippen LogP contribution is -2.30. The highest BCUT2D eigenvalue weighted by molar-refractivity contribution is 7.92. The molecule has 3 aromatic carbocycles. The number of sulfonamides is 1. The van der Waals surface area contributed by atoms with Gasteiger partial charge in [-0.25, -0.2) is 8.42 Å². The van der Waals surface area contributed by atoms with Crippen LogP contribution in [0.5, 0.6) is 5.75 Å². The monoisotopic (exact) mass is 425 g/mol. The standard InChI is InChI=1S/C24H27NO4S/c1-18(17-24(26)19(2)29-22-9-5-3-6-10-22)20-13-15-21(16-14-20)25-30(27,28)23-11-7-4-8-12-23/h3-16,18-19,24-26H,17H2,1-2H3/t18-,19-,24-/m1/s1. The molecule has 0 radical (unpaired) electrons. The molecule has 3 atom stereocenters. The van der Waals surface area contributed by atoms with E-state index in [1.807, 2.05) is 56.3 Å². The van der Waals surface area contributed by atoms with Gasteiger partial charge in [0.2, 0.25) is 0 Å². The van der Waals surface area contributed by atoms with Gasteiger partial charge < -0.3 is 9.84 Å². The molecule has 2 N–H and O–H groups in total. The molecule has 158 valence electrons. The fraction of sp³-hybridized carbons (Fsp3) is 0.250. The van der Waals surface area contributed by atoms with Gasteiger partial charge in [-0.05, 0) is 61.2 Å². The average Bonchev–Trinajstić information content (AvgIpc) is 2.75. The molecule has 0 heterocycles. The van der Waals surface area contributed by atoms with E-state index in [1.165, 1.54) is 0 Å². The maximum atomic E-state index is 12.4. The van der Waals surface area contributed by atoms with Crippen molar-refractivity contribution < 1.29 is 18.3 Å². The number of rotatable bonds is 9. The van der Waals surface area contributed by atoms with E-state index in [0.717, 1.165) is 11.3 Å². The summed E-state index contributed by atoms with van der Waals surface area (Å²) >= 11 is 0. The molecule has 0 saturated carbocycles. The third kappa shape index (κ3) is 5.84. The Balaban J connectivity index is 1.58. The second-order valence-electron chi connectivity index (χ2n) is 7.38. The van der Waals surface area contributed by atoms with Crippen LogP contribution in [-0.2, 0) is 10.0 Å². The normalized spacial score (nSPS) is 14.5. The maximum Gasteiger partial charge on any atom is 0.261 e. The Morgan fingerprint density at radius 3 is 2.03 bits per heavy atom. The predicted molar refractivity (Wildman–Crippen MR) is 119 cm³/mol. The maximum absolute atomic E-state index is 12.4. The van der Waals surface area contributed by atoms with E-state index in [9.17, 15) is 13.5 Å². The minimum atomic E-state index is -3.61. The molecule has 0 aromatic heterocycles. The van der Waals surface area contributed by atoms with E-state index >= 15 is 0 Å². The van der Waals surface area contributed by atoms with Crippen LogP contribution in [0.15, 0.2) is 89.8 Å². The molecule has 3 aromatic rings. The molecule has 3 rings (SSSR count). The highest BCUT2D eigenvalue weighted by atomic mass is 32.2. The summed E-state index contributed by atoms with van der Waals surface area (Å²) in [5.74, 6) is 0.813. The summed E-state index contributed by atoms with van der Waals surface area (Å²) in [5, 5.41) is 10.5. The number of para-hydroxylation sites is 1. The van der Waals surface area contributed by atoms with Crippen molar-refractivity contribution in [3.63, 3.8) is 0 Å². The molecule has 0 aliphatic carbocycles. The zero-order chi connectivity index (χ0) is 21.6. The van der Waals surface area contributed by atoms with Gasteiger partial charge in [0.25, 0.3) is 10.0 Å². The summed E-state index contributed by atoms with van der Waals surface area (Å²) in [4.78, 5) is 0.220. The summed E-state index contributed by atoms with van der Waals surface area (Å²) in [6.45, 7) is 3.88. The fourth-order valence-electron chi connectivity index (χ4n) is 3.18. The van der Waals surface area contributed by atoms with Crippen molar-refractivity contribution in [2.24, 2.45) is 0 Å². The molecule has 0 amide bonds. The van der Waals surface area contributed by atoms with Crippen LogP contribution < -0.4 is 9.46 Å². The molecule has 6 heteroatoms. The smallest absolute Gasteiger partial charge is 0.261 e. The van der Waals surface area contributed by atoms with Gasteiger partial charge in [-0.2, -0.15) is 0 Å². The molecule has 0 spiro atoms. The van der Waals surface area contributed by atoms with Crippen molar-refractivity contribution in [3.05, 3.63) is 90.5 Å². The molecule has 0 fully saturated rings. The van der Waals surface area contributed by atoms with Crippen molar-refractivity contribution in [2.75, 3.05) is 4.72 Å². The first-order valence-electron chi connectivity index (χ1n) is 9.93. The lowest BCUT2D eigenvalue weighted by atomic mass is 9.93. The first kappa shape index (κ1) is 21.9. The molecular weight excluding hydrogens is 398 g/mol. The number of nitrogens with one attached hydrogen (secondary N) is 1. The van der Waals surface area contributed by atoms with E-state index in [-0.39, 0.29) is 16.9 Å². The van der Waals surface area contributed by atoms with Crippen molar-refractivity contribution in [2.45, 2.75) is 43.3 Å². The van der Waals surface area contributed by atoms with Crippen LogP contribution in [0.25, 0.3) is 0 Å². The first-order valence-corrected chi connectivity index (χ1v) is 11.4. The van der Waals surface area contributed by atoms with Gasteiger partial charge in [0.1, 0.15) is 11.9 Å². The number of anilines is 1. The summed E-state index contributed by atoms with van der Waals surface area (Å²) < 4.78 is 33.3. The van der Waals surface area contributed by atoms with Gasteiger partial charge in [-0.1, -0.05) is 55.5 Å². The number of ether oxygens (including phenoxy) is 1. The SMILES string of the molecule is C[C@H](C[C@@H](O)[C@@H](C)Oc1ccccc1)c1ccc(NS(=O)(=O)c2ccccc2)cc1. The fourth-order valence-corrected chi connectivity index (χ4v) is 4.26. The van der Waals surface area contributed by atoms with Crippen molar-refractivity contribution in [1.82, 2.24) is 0 Å². The lowest BCUT2D eigenvalue weighted by molar-refractivity contribution is 0.0379. The highest BCUT2D eigenvalue weighted by Crippen LogP contribution is 2.25. The topological polar surface area (TPSA) is 75.6 Å². The van der Waals surface area contributed by atoms with Gasteiger partial charge in [0.15, 0.2) is 0 Å². The Bertz CT molecular complexity index is 1020. The molecule has 0 bridgehead atoms. The predicted octanol–water partition coefficient (Wildman–Crippen LogP) is 4.81.